The third-order valence-corrected chi connectivity index (χ3v) is 2.80. The van der Waals surface area contributed by atoms with Crippen molar-refractivity contribution in [1.29, 1.82) is 0 Å². The van der Waals surface area contributed by atoms with E-state index in [1.165, 1.54) is 12.5 Å². The van der Waals surface area contributed by atoms with Crippen molar-refractivity contribution in [3.8, 4) is 0 Å². The van der Waals surface area contributed by atoms with E-state index in [1.807, 2.05) is 0 Å². The highest BCUT2D eigenvalue weighted by molar-refractivity contribution is 7.90. The van der Waals surface area contributed by atoms with Crippen molar-refractivity contribution in [2.75, 3.05) is 18.6 Å². The number of furan rings is 1. The van der Waals surface area contributed by atoms with Crippen molar-refractivity contribution in [3.05, 3.63) is 36.8 Å². The van der Waals surface area contributed by atoms with Gasteiger partial charge in [0.25, 0.3) is 0 Å². The fraction of sp³-hybridized carbons (Fsp3) is 0.400. The van der Waals surface area contributed by atoms with Crippen molar-refractivity contribution in [1.82, 2.24) is 5.32 Å². The lowest BCUT2D eigenvalue weighted by molar-refractivity contribution is 0.440. The summed E-state index contributed by atoms with van der Waals surface area (Å²) < 4.78 is 27.6. The summed E-state index contributed by atoms with van der Waals surface area (Å²) in [5.41, 5.74) is 0. The van der Waals surface area contributed by atoms with Gasteiger partial charge in [-0.15, -0.1) is 6.58 Å². The van der Waals surface area contributed by atoms with Gasteiger partial charge in [0.1, 0.15) is 15.6 Å². The molecule has 1 aromatic heterocycles. The normalized spacial score (nSPS) is 13.7. The number of sulfone groups is 1. The van der Waals surface area contributed by atoms with E-state index in [-0.39, 0.29) is 11.8 Å². The molecule has 0 fully saturated rings. The molecule has 1 heterocycles. The lowest BCUT2D eigenvalue weighted by Gasteiger charge is -2.13. The second-order valence-corrected chi connectivity index (χ2v) is 5.54. The number of rotatable bonds is 6. The molecule has 0 aliphatic heterocycles. The molecule has 0 aliphatic rings. The summed E-state index contributed by atoms with van der Waals surface area (Å²) in [4.78, 5) is 0. The van der Waals surface area contributed by atoms with Gasteiger partial charge in [-0.25, -0.2) is 8.42 Å². The second kappa shape index (κ2) is 5.14. The highest BCUT2D eigenvalue weighted by Gasteiger charge is 2.18. The molecule has 1 aromatic rings. The lowest BCUT2D eigenvalue weighted by Crippen LogP contribution is -2.27. The van der Waals surface area contributed by atoms with E-state index in [0.717, 1.165) is 0 Å². The minimum Gasteiger partial charge on any atom is -0.468 e. The first-order valence-corrected chi connectivity index (χ1v) is 6.64. The average Bonchev–Trinajstić information content (AvgIpc) is 2.63. The van der Waals surface area contributed by atoms with E-state index < -0.39 is 9.84 Å². The van der Waals surface area contributed by atoms with Crippen LogP contribution in [0.1, 0.15) is 11.8 Å². The van der Waals surface area contributed by atoms with E-state index in [9.17, 15) is 8.42 Å². The molecule has 4 nitrogen and oxygen atoms in total. The highest BCUT2D eigenvalue weighted by atomic mass is 32.2. The fourth-order valence-electron chi connectivity index (χ4n) is 1.26. The highest BCUT2D eigenvalue weighted by Crippen LogP contribution is 2.15. The Balaban J connectivity index is 2.74. The first kappa shape index (κ1) is 12.0. The van der Waals surface area contributed by atoms with Crippen molar-refractivity contribution in [3.63, 3.8) is 0 Å². The van der Waals surface area contributed by atoms with Crippen LogP contribution >= 0.6 is 0 Å². The minimum absolute atomic E-state index is 0.0222. The number of hydrogen-bond acceptors (Lipinski definition) is 4. The molecule has 0 radical (unpaired) electrons. The van der Waals surface area contributed by atoms with E-state index in [4.69, 9.17) is 4.42 Å². The molecule has 1 N–H and O–H groups in total. The summed E-state index contributed by atoms with van der Waals surface area (Å²) in [6.07, 6.45) is 4.41. The molecule has 0 bridgehead atoms. The quantitative estimate of drug-likeness (QED) is 0.743. The summed E-state index contributed by atoms with van der Waals surface area (Å²) in [5.74, 6) is 0.649. The summed E-state index contributed by atoms with van der Waals surface area (Å²) in [5, 5.41) is 3.04. The number of hydrogen-bond donors (Lipinski definition) is 1. The van der Waals surface area contributed by atoms with Crippen LogP contribution in [-0.4, -0.2) is 27.0 Å². The predicted octanol–water partition coefficient (Wildman–Crippen LogP) is 1.14. The maximum atomic E-state index is 11.2. The van der Waals surface area contributed by atoms with Crippen LogP contribution in [0.2, 0.25) is 0 Å². The van der Waals surface area contributed by atoms with Gasteiger partial charge in [-0.05, 0) is 12.1 Å². The van der Waals surface area contributed by atoms with Crippen molar-refractivity contribution >= 4 is 9.84 Å². The lowest BCUT2D eigenvalue weighted by atomic mass is 10.2. The van der Waals surface area contributed by atoms with Gasteiger partial charge in [0.2, 0.25) is 0 Å². The van der Waals surface area contributed by atoms with E-state index in [0.29, 0.717) is 12.3 Å². The van der Waals surface area contributed by atoms with Crippen LogP contribution in [0.3, 0.4) is 0 Å². The number of nitrogens with one attached hydrogen (secondary N) is 1. The minimum atomic E-state index is -3.04. The third-order valence-electron chi connectivity index (χ3n) is 1.86. The molecule has 1 rings (SSSR count). The molecule has 15 heavy (non-hydrogen) atoms. The summed E-state index contributed by atoms with van der Waals surface area (Å²) in [7, 11) is -3.04. The van der Waals surface area contributed by atoms with Gasteiger partial charge in [-0.1, -0.05) is 6.08 Å². The molecule has 0 saturated carbocycles. The fourth-order valence-corrected chi connectivity index (χ4v) is 2.15. The Labute approximate surface area is 89.9 Å². The van der Waals surface area contributed by atoms with Gasteiger partial charge in [0.05, 0.1) is 18.1 Å². The van der Waals surface area contributed by atoms with E-state index >= 15 is 0 Å². The zero-order valence-electron chi connectivity index (χ0n) is 8.64. The molecule has 5 heteroatoms. The smallest absolute Gasteiger partial charge is 0.149 e. The molecular formula is C10H15NO3S. The van der Waals surface area contributed by atoms with Crippen LogP contribution in [0.5, 0.6) is 0 Å². The second-order valence-electron chi connectivity index (χ2n) is 3.36. The molecule has 0 spiro atoms. The van der Waals surface area contributed by atoms with Crippen LogP contribution in [0.4, 0.5) is 0 Å². The first-order chi connectivity index (χ1) is 7.03. The van der Waals surface area contributed by atoms with Gasteiger partial charge in [0, 0.05) is 12.8 Å². The van der Waals surface area contributed by atoms with Crippen LogP contribution < -0.4 is 5.32 Å². The van der Waals surface area contributed by atoms with Crippen molar-refractivity contribution < 1.29 is 12.8 Å². The molecule has 0 aliphatic carbocycles. The summed E-state index contributed by atoms with van der Waals surface area (Å²) >= 11 is 0. The van der Waals surface area contributed by atoms with Gasteiger partial charge in [-0.2, -0.15) is 0 Å². The standard InChI is InChI=1S/C10H15NO3S/c1-3-6-11-9(8-15(2,12)13)10-5-4-7-14-10/h3-5,7,9,11H,1,6,8H2,2H3. The Kier molecular flexibility index (Phi) is 4.11. The predicted molar refractivity (Wildman–Crippen MR) is 59.4 cm³/mol. The molecule has 84 valence electrons. The third kappa shape index (κ3) is 4.31. The monoisotopic (exact) mass is 229 g/mol. The van der Waals surface area contributed by atoms with Gasteiger partial charge < -0.3 is 9.73 Å². The van der Waals surface area contributed by atoms with E-state index in [1.54, 1.807) is 18.2 Å². The van der Waals surface area contributed by atoms with Gasteiger partial charge in [-0.3, -0.25) is 0 Å². The molecular weight excluding hydrogens is 214 g/mol. The zero-order chi connectivity index (χ0) is 11.3. The van der Waals surface area contributed by atoms with Crippen LogP contribution in [0.15, 0.2) is 35.5 Å². The average molecular weight is 229 g/mol. The summed E-state index contributed by atoms with van der Waals surface area (Å²) in [6, 6.07) is 3.18. The van der Waals surface area contributed by atoms with Crippen LogP contribution in [0, 0.1) is 0 Å². The molecule has 0 aromatic carbocycles. The molecule has 0 saturated heterocycles. The van der Waals surface area contributed by atoms with E-state index in [2.05, 4.69) is 11.9 Å². The maximum Gasteiger partial charge on any atom is 0.149 e. The van der Waals surface area contributed by atoms with Crippen LogP contribution in [-0.2, 0) is 9.84 Å². The van der Waals surface area contributed by atoms with Gasteiger partial charge in [0.15, 0.2) is 0 Å². The first-order valence-electron chi connectivity index (χ1n) is 4.58. The zero-order valence-corrected chi connectivity index (χ0v) is 9.46. The Morgan fingerprint density at radius 2 is 2.40 bits per heavy atom. The van der Waals surface area contributed by atoms with Crippen molar-refractivity contribution in [2.45, 2.75) is 6.04 Å². The molecule has 0 amide bonds. The van der Waals surface area contributed by atoms with Crippen molar-refractivity contribution in [2.24, 2.45) is 0 Å². The topological polar surface area (TPSA) is 59.3 Å². The Morgan fingerprint density at radius 1 is 1.67 bits per heavy atom. The largest absolute Gasteiger partial charge is 0.468 e. The van der Waals surface area contributed by atoms with Gasteiger partial charge >= 0.3 is 0 Å². The van der Waals surface area contributed by atoms with Crippen LogP contribution in [0.25, 0.3) is 0 Å². The Bertz CT molecular complexity index is 394. The summed E-state index contributed by atoms with van der Waals surface area (Å²) in [6.45, 7) is 4.11. The molecule has 1 unspecified atom stereocenters. The SMILES string of the molecule is C=CCNC(CS(C)(=O)=O)c1ccco1. The Morgan fingerprint density at radius 3 is 2.87 bits per heavy atom. The molecule has 1 atom stereocenters. The maximum absolute atomic E-state index is 11.2. The Hall–Kier alpha value is -1.07.